The van der Waals surface area contributed by atoms with Gasteiger partial charge in [0.2, 0.25) is 0 Å². The molecule has 0 fully saturated rings. The van der Waals surface area contributed by atoms with Gasteiger partial charge in [0.1, 0.15) is 5.75 Å². The molecule has 114 valence electrons. The Bertz CT molecular complexity index is 561. The SMILES string of the molecule is COc1cc(C)c(S(=O)(=O)NOCC(F)(F)F)c(C)c1. The van der Waals surface area contributed by atoms with E-state index in [0.717, 1.165) is 0 Å². The van der Waals surface area contributed by atoms with Gasteiger partial charge in [-0.2, -0.15) is 13.2 Å². The molecular formula is C11H14F3NO4S. The molecule has 0 atom stereocenters. The van der Waals surface area contributed by atoms with Crippen LogP contribution in [0.4, 0.5) is 13.2 Å². The van der Waals surface area contributed by atoms with E-state index >= 15 is 0 Å². The maximum absolute atomic E-state index is 11.9. The Morgan fingerprint density at radius 2 is 1.70 bits per heavy atom. The van der Waals surface area contributed by atoms with E-state index in [4.69, 9.17) is 4.74 Å². The highest BCUT2D eigenvalue weighted by Gasteiger charge is 2.29. The van der Waals surface area contributed by atoms with Crippen LogP contribution >= 0.6 is 0 Å². The summed E-state index contributed by atoms with van der Waals surface area (Å²) in [5.41, 5.74) is 0.676. The molecule has 0 unspecified atom stereocenters. The quantitative estimate of drug-likeness (QED) is 0.845. The largest absolute Gasteiger partial charge is 0.497 e. The Morgan fingerprint density at radius 3 is 2.10 bits per heavy atom. The van der Waals surface area contributed by atoms with E-state index in [0.29, 0.717) is 16.9 Å². The molecule has 0 saturated carbocycles. The van der Waals surface area contributed by atoms with Crippen LogP contribution in [0.15, 0.2) is 17.0 Å². The van der Waals surface area contributed by atoms with E-state index in [1.54, 1.807) is 0 Å². The van der Waals surface area contributed by atoms with E-state index in [9.17, 15) is 21.6 Å². The molecule has 20 heavy (non-hydrogen) atoms. The van der Waals surface area contributed by atoms with E-state index in [1.807, 2.05) is 0 Å². The summed E-state index contributed by atoms with van der Waals surface area (Å²) in [6.07, 6.45) is -4.62. The molecule has 9 heteroatoms. The zero-order valence-electron chi connectivity index (χ0n) is 11.0. The summed E-state index contributed by atoms with van der Waals surface area (Å²) in [5, 5.41) is 0. The number of rotatable bonds is 5. The van der Waals surface area contributed by atoms with Crippen LogP contribution in [0.25, 0.3) is 0 Å². The molecule has 0 aliphatic heterocycles. The van der Waals surface area contributed by atoms with Crippen molar-refractivity contribution in [2.24, 2.45) is 0 Å². The van der Waals surface area contributed by atoms with Crippen LogP contribution in [0.2, 0.25) is 0 Å². The first-order valence-corrected chi connectivity index (χ1v) is 6.91. The first kappa shape index (κ1) is 16.7. The lowest BCUT2D eigenvalue weighted by atomic mass is 10.1. The van der Waals surface area contributed by atoms with Gasteiger partial charge in [-0.1, -0.05) is 4.89 Å². The van der Waals surface area contributed by atoms with Crippen LogP contribution in [0.3, 0.4) is 0 Å². The Labute approximate surface area is 114 Å². The fourth-order valence-electron chi connectivity index (χ4n) is 1.68. The van der Waals surface area contributed by atoms with Crippen molar-refractivity contribution < 1.29 is 31.2 Å². The first-order valence-electron chi connectivity index (χ1n) is 5.42. The minimum absolute atomic E-state index is 0.138. The van der Waals surface area contributed by atoms with Gasteiger partial charge in [-0.25, -0.2) is 8.42 Å². The molecule has 1 rings (SSSR count). The maximum Gasteiger partial charge on any atom is 0.413 e. The summed E-state index contributed by atoms with van der Waals surface area (Å²) in [7, 11) is -2.77. The second kappa shape index (κ2) is 5.98. The topological polar surface area (TPSA) is 64.6 Å². The fourth-order valence-corrected chi connectivity index (χ4v) is 2.95. The molecule has 0 amide bonds. The lowest BCUT2D eigenvalue weighted by molar-refractivity contribution is -0.181. The van der Waals surface area contributed by atoms with Crippen molar-refractivity contribution in [2.75, 3.05) is 13.7 Å². The van der Waals surface area contributed by atoms with Crippen molar-refractivity contribution in [1.82, 2.24) is 4.89 Å². The van der Waals surface area contributed by atoms with E-state index in [1.165, 1.54) is 38.0 Å². The molecule has 0 heterocycles. The summed E-state index contributed by atoms with van der Waals surface area (Å²) in [6.45, 7) is 1.31. The monoisotopic (exact) mass is 313 g/mol. The third-order valence-corrected chi connectivity index (χ3v) is 3.86. The summed E-state index contributed by atoms with van der Waals surface area (Å²) < 4.78 is 64.5. The third-order valence-electron chi connectivity index (χ3n) is 2.34. The summed E-state index contributed by atoms with van der Waals surface area (Å²) in [6, 6.07) is 2.93. The van der Waals surface area contributed by atoms with Gasteiger partial charge in [0, 0.05) is 0 Å². The smallest absolute Gasteiger partial charge is 0.413 e. The van der Waals surface area contributed by atoms with Crippen molar-refractivity contribution in [3.05, 3.63) is 23.3 Å². The van der Waals surface area contributed by atoms with Gasteiger partial charge in [-0.05, 0) is 37.1 Å². The summed E-state index contributed by atoms with van der Waals surface area (Å²) in [5.74, 6) is 0.454. The van der Waals surface area contributed by atoms with Crippen molar-refractivity contribution in [3.63, 3.8) is 0 Å². The molecule has 0 aliphatic carbocycles. The highest BCUT2D eigenvalue weighted by Crippen LogP contribution is 2.25. The number of alkyl halides is 3. The summed E-state index contributed by atoms with van der Waals surface area (Å²) >= 11 is 0. The Morgan fingerprint density at radius 1 is 1.20 bits per heavy atom. The van der Waals surface area contributed by atoms with Crippen LogP contribution in [0.1, 0.15) is 11.1 Å². The maximum atomic E-state index is 11.9. The number of hydrogen-bond acceptors (Lipinski definition) is 4. The lowest BCUT2D eigenvalue weighted by Crippen LogP contribution is -2.30. The van der Waals surface area contributed by atoms with Crippen LogP contribution in [0.5, 0.6) is 5.75 Å². The number of sulfonamides is 1. The van der Waals surface area contributed by atoms with Crippen LogP contribution in [-0.4, -0.2) is 28.3 Å². The van der Waals surface area contributed by atoms with Crippen LogP contribution in [-0.2, 0) is 14.9 Å². The number of aryl methyl sites for hydroxylation is 2. The van der Waals surface area contributed by atoms with Crippen molar-refractivity contribution >= 4 is 10.0 Å². The number of methoxy groups -OCH3 is 1. The van der Waals surface area contributed by atoms with E-state index in [2.05, 4.69) is 4.84 Å². The van der Waals surface area contributed by atoms with Crippen LogP contribution < -0.4 is 9.62 Å². The molecule has 1 aromatic rings. The standard InChI is InChI=1S/C11H14F3NO4S/c1-7-4-9(18-3)5-8(2)10(7)20(16,17)15-19-6-11(12,13)14/h4-5,15H,6H2,1-3H3. The molecule has 5 nitrogen and oxygen atoms in total. The average molecular weight is 313 g/mol. The Kier molecular flexibility index (Phi) is 5.00. The summed E-state index contributed by atoms with van der Waals surface area (Å²) in [4.78, 5) is 5.31. The average Bonchev–Trinajstić information content (AvgIpc) is 2.25. The number of benzene rings is 1. The van der Waals surface area contributed by atoms with Gasteiger partial charge >= 0.3 is 6.18 Å². The second-order valence-electron chi connectivity index (χ2n) is 4.08. The molecular weight excluding hydrogens is 299 g/mol. The van der Waals surface area contributed by atoms with Gasteiger partial charge in [0.15, 0.2) is 6.61 Å². The predicted octanol–water partition coefficient (Wildman–Crippen LogP) is 2.08. The molecule has 0 aromatic heterocycles. The van der Waals surface area contributed by atoms with Crippen molar-refractivity contribution in [1.29, 1.82) is 0 Å². The highest BCUT2D eigenvalue weighted by atomic mass is 32.2. The van der Waals surface area contributed by atoms with Gasteiger partial charge in [-0.15, -0.1) is 0 Å². The van der Waals surface area contributed by atoms with Gasteiger partial charge in [0.05, 0.1) is 12.0 Å². The molecule has 0 radical (unpaired) electrons. The normalized spacial score (nSPS) is 12.5. The minimum Gasteiger partial charge on any atom is -0.497 e. The fraction of sp³-hybridized carbons (Fsp3) is 0.455. The lowest BCUT2D eigenvalue weighted by Gasteiger charge is -2.14. The van der Waals surface area contributed by atoms with Gasteiger partial charge in [0.25, 0.3) is 10.0 Å². The predicted molar refractivity (Wildman–Crippen MR) is 64.8 cm³/mol. The van der Waals surface area contributed by atoms with Gasteiger partial charge in [-0.3, -0.25) is 4.84 Å². The second-order valence-corrected chi connectivity index (χ2v) is 5.66. The third kappa shape index (κ3) is 4.36. The molecule has 1 aromatic carbocycles. The number of nitrogens with one attached hydrogen (secondary N) is 1. The van der Waals surface area contributed by atoms with Crippen molar-refractivity contribution in [2.45, 2.75) is 24.9 Å². The number of hydrogen-bond donors (Lipinski definition) is 1. The minimum atomic E-state index is -4.62. The molecule has 0 aliphatic rings. The van der Waals surface area contributed by atoms with Gasteiger partial charge < -0.3 is 4.74 Å². The zero-order valence-corrected chi connectivity index (χ0v) is 11.9. The molecule has 0 bridgehead atoms. The Balaban J connectivity index is 2.99. The van der Waals surface area contributed by atoms with E-state index in [-0.39, 0.29) is 4.90 Å². The van der Waals surface area contributed by atoms with Crippen LogP contribution in [0, 0.1) is 13.8 Å². The number of halogens is 3. The molecule has 0 spiro atoms. The van der Waals surface area contributed by atoms with Crippen molar-refractivity contribution in [3.8, 4) is 5.75 Å². The molecule has 1 N–H and O–H groups in total. The molecule has 0 saturated heterocycles. The van der Waals surface area contributed by atoms with E-state index < -0.39 is 22.8 Å². The zero-order chi connectivity index (χ0) is 15.6. The Hall–Kier alpha value is -1.32. The number of ether oxygens (including phenoxy) is 1. The first-order chi connectivity index (χ1) is 9.07. The highest BCUT2D eigenvalue weighted by molar-refractivity contribution is 7.89.